The molecule has 0 saturated heterocycles. The van der Waals surface area contributed by atoms with Gasteiger partial charge in [-0.3, -0.25) is 20.2 Å². The molecule has 22 heavy (non-hydrogen) atoms. The second-order valence-electron chi connectivity index (χ2n) is 4.39. The Kier molecular flexibility index (Phi) is 4.81. The summed E-state index contributed by atoms with van der Waals surface area (Å²) in [5, 5.41) is 20.8. The van der Waals surface area contributed by atoms with Crippen molar-refractivity contribution in [2.45, 2.75) is 6.61 Å². The number of nitro groups is 2. The molecule has 0 aliphatic carbocycles. The van der Waals surface area contributed by atoms with Gasteiger partial charge in [0, 0.05) is 18.2 Å². The highest BCUT2D eigenvalue weighted by Gasteiger charge is 2.04. The zero-order chi connectivity index (χ0) is 15.9. The molecule has 7 heteroatoms. The van der Waals surface area contributed by atoms with Gasteiger partial charge in [0.05, 0.1) is 9.85 Å². The van der Waals surface area contributed by atoms with E-state index in [2.05, 4.69) is 0 Å². The lowest BCUT2D eigenvalue weighted by atomic mass is 10.2. The van der Waals surface area contributed by atoms with Gasteiger partial charge < -0.3 is 4.74 Å². The van der Waals surface area contributed by atoms with E-state index in [4.69, 9.17) is 4.74 Å². The van der Waals surface area contributed by atoms with Crippen molar-refractivity contribution in [3.8, 4) is 5.75 Å². The first kappa shape index (κ1) is 15.2. The van der Waals surface area contributed by atoms with E-state index in [-0.39, 0.29) is 12.3 Å². The average Bonchev–Trinajstić information content (AvgIpc) is 2.52. The molecule has 0 aromatic heterocycles. The van der Waals surface area contributed by atoms with Gasteiger partial charge in [0.15, 0.2) is 0 Å². The van der Waals surface area contributed by atoms with Gasteiger partial charge in [0.1, 0.15) is 12.4 Å². The van der Waals surface area contributed by atoms with Crippen molar-refractivity contribution in [2.24, 2.45) is 0 Å². The average molecular weight is 300 g/mol. The summed E-state index contributed by atoms with van der Waals surface area (Å²) in [5.41, 5.74) is 1.46. The summed E-state index contributed by atoms with van der Waals surface area (Å²) in [7, 11) is 0. The summed E-state index contributed by atoms with van der Waals surface area (Å²) >= 11 is 0. The van der Waals surface area contributed by atoms with Crippen LogP contribution in [0.25, 0.3) is 6.08 Å². The number of non-ortho nitro benzene ring substituents is 1. The predicted octanol–water partition coefficient (Wildman–Crippen LogP) is 3.42. The Bertz CT molecular complexity index is 710. The molecule has 7 nitrogen and oxygen atoms in total. The van der Waals surface area contributed by atoms with Crippen molar-refractivity contribution in [1.29, 1.82) is 0 Å². The lowest BCUT2D eigenvalue weighted by Gasteiger charge is -2.06. The molecule has 0 heterocycles. The molecular weight excluding hydrogens is 288 g/mol. The molecule has 2 aromatic rings. The minimum atomic E-state index is -0.537. The number of hydrogen-bond acceptors (Lipinski definition) is 5. The summed E-state index contributed by atoms with van der Waals surface area (Å²) in [6, 6.07) is 12.9. The first-order chi connectivity index (χ1) is 10.5. The van der Waals surface area contributed by atoms with Crippen molar-refractivity contribution >= 4 is 11.8 Å². The van der Waals surface area contributed by atoms with Gasteiger partial charge in [0.2, 0.25) is 6.20 Å². The Labute approximate surface area is 125 Å². The zero-order valence-corrected chi connectivity index (χ0v) is 11.4. The molecule has 2 rings (SSSR count). The van der Waals surface area contributed by atoms with Gasteiger partial charge in [-0.1, -0.05) is 12.1 Å². The summed E-state index contributed by atoms with van der Waals surface area (Å²) in [4.78, 5) is 19.8. The first-order valence-electron chi connectivity index (χ1n) is 6.32. The summed E-state index contributed by atoms with van der Waals surface area (Å²) in [6.07, 6.45) is 2.23. The van der Waals surface area contributed by atoms with Crippen LogP contribution in [-0.4, -0.2) is 9.85 Å². The van der Waals surface area contributed by atoms with E-state index in [0.717, 1.165) is 11.8 Å². The lowest BCUT2D eigenvalue weighted by molar-refractivity contribution is -0.400. The van der Waals surface area contributed by atoms with Crippen LogP contribution < -0.4 is 4.74 Å². The molecule has 0 radical (unpaired) electrons. The van der Waals surface area contributed by atoms with Crippen molar-refractivity contribution in [3.05, 3.63) is 86.1 Å². The number of nitrogens with zero attached hydrogens (tertiary/aromatic N) is 2. The Morgan fingerprint density at radius 1 is 1.05 bits per heavy atom. The lowest BCUT2D eigenvalue weighted by Crippen LogP contribution is -1.96. The van der Waals surface area contributed by atoms with E-state index >= 15 is 0 Å². The number of ether oxygens (including phenoxy) is 1. The molecule has 2 aromatic carbocycles. The fraction of sp³-hybridized carbons (Fsp3) is 0.0667. The highest BCUT2D eigenvalue weighted by molar-refractivity contribution is 5.50. The fourth-order valence-electron chi connectivity index (χ4n) is 1.74. The van der Waals surface area contributed by atoms with E-state index in [1.54, 1.807) is 36.4 Å². The smallest absolute Gasteiger partial charge is 0.269 e. The minimum Gasteiger partial charge on any atom is -0.489 e. The molecule has 0 saturated carbocycles. The Balaban J connectivity index is 2.00. The molecule has 0 fully saturated rings. The Morgan fingerprint density at radius 3 is 2.41 bits per heavy atom. The number of rotatable bonds is 6. The predicted molar refractivity (Wildman–Crippen MR) is 79.9 cm³/mol. The van der Waals surface area contributed by atoms with Crippen LogP contribution in [0.3, 0.4) is 0 Å². The van der Waals surface area contributed by atoms with E-state index in [9.17, 15) is 20.2 Å². The second-order valence-corrected chi connectivity index (χ2v) is 4.39. The maximum Gasteiger partial charge on any atom is 0.269 e. The van der Waals surface area contributed by atoms with E-state index in [0.29, 0.717) is 11.3 Å². The third-order valence-corrected chi connectivity index (χ3v) is 2.80. The largest absolute Gasteiger partial charge is 0.489 e. The van der Waals surface area contributed by atoms with Crippen molar-refractivity contribution < 1.29 is 14.6 Å². The summed E-state index contributed by atoms with van der Waals surface area (Å²) in [5.74, 6) is 0.559. The van der Waals surface area contributed by atoms with Crippen LogP contribution in [0, 0.1) is 20.2 Å². The molecule has 0 N–H and O–H groups in total. The van der Waals surface area contributed by atoms with Crippen molar-refractivity contribution in [3.63, 3.8) is 0 Å². The van der Waals surface area contributed by atoms with Gasteiger partial charge in [-0.15, -0.1) is 0 Å². The zero-order valence-electron chi connectivity index (χ0n) is 11.4. The molecule has 0 aliphatic heterocycles. The Morgan fingerprint density at radius 2 is 1.77 bits per heavy atom. The Hall–Kier alpha value is -3.22. The van der Waals surface area contributed by atoms with Crippen LogP contribution >= 0.6 is 0 Å². The quantitative estimate of drug-likeness (QED) is 0.601. The molecular formula is C15H12N2O5. The van der Waals surface area contributed by atoms with Gasteiger partial charge >= 0.3 is 0 Å². The third kappa shape index (κ3) is 4.41. The molecule has 112 valence electrons. The molecule has 0 aliphatic rings. The maximum absolute atomic E-state index is 10.6. The molecule has 0 amide bonds. The summed E-state index contributed by atoms with van der Waals surface area (Å²) < 4.78 is 5.57. The number of benzene rings is 2. The molecule has 0 bridgehead atoms. The minimum absolute atomic E-state index is 0.0238. The third-order valence-electron chi connectivity index (χ3n) is 2.80. The standard InChI is InChI=1S/C15H12N2O5/c18-16(19)9-8-12-2-1-3-15(10-12)22-11-13-4-6-14(7-5-13)17(20)21/h1-10H,11H2/b9-8-. The topological polar surface area (TPSA) is 95.5 Å². The van der Waals surface area contributed by atoms with Crippen LogP contribution in [-0.2, 0) is 6.61 Å². The van der Waals surface area contributed by atoms with Crippen LogP contribution in [0.15, 0.2) is 54.7 Å². The van der Waals surface area contributed by atoms with Crippen molar-refractivity contribution in [2.75, 3.05) is 0 Å². The van der Waals surface area contributed by atoms with E-state index in [1.165, 1.54) is 18.2 Å². The van der Waals surface area contributed by atoms with Gasteiger partial charge in [-0.05, 0) is 35.4 Å². The SMILES string of the molecule is O=[N+]([O-])/C=C\c1cccc(OCc2ccc([N+](=O)[O-])cc2)c1. The molecule has 0 atom stereocenters. The maximum atomic E-state index is 10.6. The van der Waals surface area contributed by atoms with Crippen LogP contribution in [0.1, 0.15) is 11.1 Å². The molecule has 0 spiro atoms. The molecule has 0 unspecified atom stereocenters. The van der Waals surface area contributed by atoms with Crippen LogP contribution in [0.2, 0.25) is 0 Å². The second kappa shape index (κ2) is 6.98. The van der Waals surface area contributed by atoms with Crippen molar-refractivity contribution in [1.82, 2.24) is 0 Å². The highest BCUT2D eigenvalue weighted by Crippen LogP contribution is 2.17. The monoisotopic (exact) mass is 300 g/mol. The summed E-state index contributed by atoms with van der Waals surface area (Å²) in [6.45, 7) is 0.250. The fourth-order valence-corrected chi connectivity index (χ4v) is 1.74. The number of nitro benzene ring substituents is 1. The normalized spacial score (nSPS) is 10.5. The van der Waals surface area contributed by atoms with Gasteiger partial charge in [-0.25, -0.2) is 0 Å². The van der Waals surface area contributed by atoms with Gasteiger partial charge in [-0.2, -0.15) is 0 Å². The van der Waals surface area contributed by atoms with Crippen LogP contribution in [0.4, 0.5) is 5.69 Å². The van der Waals surface area contributed by atoms with E-state index < -0.39 is 9.85 Å². The van der Waals surface area contributed by atoms with E-state index in [1.807, 2.05) is 0 Å². The van der Waals surface area contributed by atoms with Gasteiger partial charge in [0.25, 0.3) is 5.69 Å². The highest BCUT2D eigenvalue weighted by atomic mass is 16.6. The number of hydrogen-bond donors (Lipinski definition) is 0. The first-order valence-corrected chi connectivity index (χ1v) is 6.32. The van der Waals surface area contributed by atoms with Crippen LogP contribution in [0.5, 0.6) is 5.75 Å².